The molecule has 7 heteroatoms. The Balaban J connectivity index is 1.89. The van der Waals surface area contributed by atoms with Crippen LogP contribution >= 0.6 is 22.9 Å². The van der Waals surface area contributed by atoms with E-state index in [1.165, 1.54) is 11.3 Å². The molecule has 3 rings (SSSR count). The lowest BCUT2D eigenvalue weighted by atomic mass is 10.2. The lowest BCUT2D eigenvalue weighted by Gasteiger charge is -2.05. The molecule has 28 heavy (non-hydrogen) atoms. The number of carbonyl (C=O) groups excluding carboxylic acids is 1. The number of rotatable bonds is 8. The first kappa shape index (κ1) is 20.6. The Kier molecular flexibility index (Phi) is 7.25. The summed E-state index contributed by atoms with van der Waals surface area (Å²) in [6, 6.07) is 12.8. The Morgan fingerprint density at radius 2 is 1.96 bits per heavy atom. The van der Waals surface area contributed by atoms with Gasteiger partial charge in [-0.3, -0.25) is 4.79 Å². The number of nitrogens with zero attached hydrogens (tertiary/aromatic N) is 2. The second-order valence-electron chi connectivity index (χ2n) is 6.28. The Morgan fingerprint density at radius 1 is 1.18 bits per heavy atom. The van der Waals surface area contributed by atoms with E-state index in [-0.39, 0.29) is 5.91 Å². The van der Waals surface area contributed by atoms with Gasteiger partial charge >= 0.3 is 0 Å². The van der Waals surface area contributed by atoms with Crippen LogP contribution in [0.5, 0.6) is 5.75 Å². The third-order valence-corrected chi connectivity index (χ3v) is 5.51. The van der Waals surface area contributed by atoms with Gasteiger partial charge in [0.2, 0.25) is 0 Å². The van der Waals surface area contributed by atoms with Gasteiger partial charge in [-0.25, -0.2) is 0 Å². The molecule has 0 spiro atoms. The molecule has 0 saturated carbocycles. The number of benzene rings is 2. The van der Waals surface area contributed by atoms with Gasteiger partial charge in [0.25, 0.3) is 5.91 Å². The summed E-state index contributed by atoms with van der Waals surface area (Å²) >= 11 is 7.55. The minimum atomic E-state index is -0.288. The third kappa shape index (κ3) is 5.01. The number of halogens is 1. The number of carbonyl (C=O) groups is 1. The highest BCUT2D eigenvalue weighted by molar-refractivity contribution is 7.16. The second-order valence-corrected chi connectivity index (χ2v) is 7.73. The summed E-state index contributed by atoms with van der Waals surface area (Å²) in [6.07, 6.45) is 2.09. The first-order valence-electron chi connectivity index (χ1n) is 9.22. The molecule has 1 aromatic heterocycles. The summed E-state index contributed by atoms with van der Waals surface area (Å²) in [5.74, 6) is 0.473. The quantitative estimate of drug-likeness (QED) is 0.488. The fraction of sp³-hybridized carbons (Fsp3) is 0.333. The third-order valence-electron chi connectivity index (χ3n) is 4.23. The van der Waals surface area contributed by atoms with Gasteiger partial charge in [0.15, 0.2) is 4.80 Å². The minimum Gasteiger partial charge on any atom is -0.494 e. The van der Waals surface area contributed by atoms with E-state index in [0.717, 1.165) is 28.8 Å². The summed E-state index contributed by atoms with van der Waals surface area (Å²) in [4.78, 5) is 17.7. The van der Waals surface area contributed by atoms with Gasteiger partial charge in [-0.15, -0.1) is 0 Å². The fourth-order valence-corrected chi connectivity index (χ4v) is 4.04. The van der Waals surface area contributed by atoms with Crippen LogP contribution in [0.2, 0.25) is 5.02 Å². The van der Waals surface area contributed by atoms with Crippen molar-refractivity contribution in [3.8, 4) is 5.75 Å². The van der Waals surface area contributed by atoms with Gasteiger partial charge < -0.3 is 14.0 Å². The highest BCUT2D eigenvalue weighted by Crippen LogP contribution is 2.22. The van der Waals surface area contributed by atoms with Gasteiger partial charge in [0.05, 0.1) is 23.4 Å². The average Bonchev–Trinajstić information content (AvgIpc) is 3.02. The molecular weight excluding hydrogens is 396 g/mol. The Morgan fingerprint density at radius 3 is 2.68 bits per heavy atom. The van der Waals surface area contributed by atoms with Crippen LogP contribution in [0.4, 0.5) is 0 Å². The molecule has 5 nitrogen and oxygen atoms in total. The largest absolute Gasteiger partial charge is 0.494 e. The molecule has 0 bridgehead atoms. The summed E-state index contributed by atoms with van der Waals surface area (Å²) in [5, 5.41) is 0.657. The van der Waals surface area contributed by atoms with E-state index in [9.17, 15) is 4.79 Å². The molecule has 3 aromatic rings. The van der Waals surface area contributed by atoms with Crippen LogP contribution in [0, 0.1) is 0 Å². The number of aromatic nitrogens is 1. The first-order chi connectivity index (χ1) is 13.6. The predicted molar refractivity (Wildman–Crippen MR) is 113 cm³/mol. The summed E-state index contributed by atoms with van der Waals surface area (Å²) < 4.78 is 13.8. The van der Waals surface area contributed by atoms with Crippen molar-refractivity contribution in [3.63, 3.8) is 0 Å². The summed E-state index contributed by atoms with van der Waals surface area (Å²) in [6.45, 7) is 3.93. The number of hydrogen-bond acceptors (Lipinski definition) is 4. The van der Waals surface area contributed by atoms with Crippen molar-refractivity contribution in [1.82, 2.24) is 4.57 Å². The second kappa shape index (κ2) is 9.87. The Hall–Kier alpha value is -2.15. The molecule has 0 saturated heterocycles. The van der Waals surface area contributed by atoms with E-state index in [4.69, 9.17) is 21.1 Å². The smallest absolute Gasteiger partial charge is 0.279 e. The molecule has 2 aromatic carbocycles. The van der Waals surface area contributed by atoms with Crippen LogP contribution < -0.4 is 9.54 Å². The van der Waals surface area contributed by atoms with Crippen LogP contribution in [0.25, 0.3) is 10.2 Å². The van der Waals surface area contributed by atoms with Crippen molar-refractivity contribution >= 4 is 39.1 Å². The van der Waals surface area contributed by atoms with Crippen molar-refractivity contribution < 1.29 is 14.3 Å². The fourth-order valence-electron chi connectivity index (χ4n) is 2.71. The molecular formula is C21H23ClN2O3S. The molecule has 1 amide bonds. The molecule has 0 unspecified atom stereocenters. The van der Waals surface area contributed by atoms with Crippen LogP contribution in [-0.2, 0) is 11.3 Å². The molecule has 0 N–H and O–H groups in total. The van der Waals surface area contributed by atoms with Crippen molar-refractivity contribution in [2.45, 2.75) is 26.3 Å². The lowest BCUT2D eigenvalue weighted by molar-refractivity contribution is 0.0997. The Labute approximate surface area is 173 Å². The first-order valence-corrected chi connectivity index (χ1v) is 10.4. The van der Waals surface area contributed by atoms with Crippen LogP contribution in [-0.4, -0.2) is 30.8 Å². The monoisotopic (exact) mass is 418 g/mol. The van der Waals surface area contributed by atoms with E-state index in [1.807, 2.05) is 34.9 Å². The van der Waals surface area contributed by atoms with Gasteiger partial charge in [-0.2, -0.15) is 4.99 Å². The van der Waals surface area contributed by atoms with Gasteiger partial charge in [-0.05, 0) is 48.9 Å². The van der Waals surface area contributed by atoms with E-state index in [0.29, 0.717) is 35.1 Å². The highest BCUT2D eigenvalue weighted by atomic mass is 35.5. The molecule has 0 aliphatic rings. The molecule has 0 aliphatic carbocycles. The van der Waals surface area contributed by atoms with Crippen LogP contribution in [0.3, 0.4) is 0 Å². The molecule has 0 aliphatic heterocycles. The number of amides is 1. The summed E-state index contributed by atoms with van der Waals surface area (Å²) in [5.41, 5.74) is 1.51. The Bertz CT molecular complexity index is 1010. The zero-order chi connectivity index (χ0) is 19.9. The minimum absolute atomic E-state index is 0.288. The molecule has 0 atom stereocenters. The molecule has 0 fully saturated rings. The summed E-state index contributed by atoms with van der Waals surface area (Å²) in [7, 11) is 1.65. The number of fused-ring (bicyclic) bond motifs is 1. The van der Waals surface area contributed by atoms with Gasteiger partial charge in [0.1, 0.15) is 5.75 Å². The highest BCUT2D eigenvalue weighted by Gasteiger charge is 2.10. The van der Waals surface area contributed by atoms with E-state index < -0.39 is 0 Å². The van der Waals surface area contributed by atoms with Crippen molar-refractivity contribution in [2.75, 3.05) is 20.3 Å². The van der Waals surface area contributed by atoms with Crippen molar-refractivity contribution in [2.24, 2.45) is 4.99 Å². The number of thiazole rings is 1. The SMILES string of the molecule is CCCCOc1ccc(C(=O)N=c2sc3cc(Cl)ccc3n2CCOC)cc1. The number of methoxy groups -OCH3 is 1. The maximum Gasteiger partial charge on any atom is 0.279 e. The van der Waals surface area contributed by atoms with E-state index in [2.05, 4.69) is 11.9 Å². The standard InChI is InChI=1S/C21H23ClN2O3S/c1-3-4-12-27-17-8-5-15(6-9-17)20(25)23-21-24(11-13-26-2)18-10-7-16(22)14-19(18)28-21/h5-10,14H,3-4,11-13H2,1-2H3. The van der Waals surface area contributed by atoms with Gasteiger partial charge in [-0.1, -0.05) is 36.3 Å². The van der Waals surface area contributed by atoms with E-state index in [1.54, 1.807) is 19.2 Å². The van der Waals surface area contributed by atoms with Crippen molar-refractivity contribution in [1.29, 1.82) is 0 Å². The topological polar surface area (TPSA) is 52.8 Å². The average molecular weight is 419 g/mol. The van der Waals surface area contributed by atoms with Crippen molar-refractivity contribution in [3.05, 3.63) is 57.9 Å². The lowest BCUT2D eigenvalue weighted by Crippen LogP contribution is -2.19. The number of unbranched alkanes of at least 4 members (excludes halogenated alkanes) is 1. The molecule has 148 valence electrons. The molecule has 1 heterocycles. The number of hydrogen-bond donors (Lipinski definition) is 0. The number of ether oxygens (including phenoxy) is 2. The maximum absolute atomic E-state index is 12.7. The predicted octanol–water partition coefficient (Wildman–Crippen LogP) is 4.92. The van der Waals surface area contributed by atoms with Crippen LogP contribution in [0.1, 0.15) is 30.1 Å². The van der Waals surface area contributed by atoms with E-state index >= 15 is 0 Å². The maximum atomic E-state index is 12.7. The normalized spacial score (nSPS) is 11.9. The zero-order valence-corrected chi connectivity index (χ0v) is 17.6. The zero-order valence-electron chi connectivity index (χ0n) is 16.0. The van der Waals surface area contributed by atoms with Crippen LogP contribution in [0.15, 0.2) is 47.5 Å². The van der Waals surface area contributed by atoms with Gasteiger partial charge in [0, 0.05) is 24.2 Å². The molecule has 0 radical (unpaired) electrons.